The standard InChI is InChI=1S/C12H14N2O/c13-9-3-4-12-11(8-9)14-6-1-2-10(14)5-7-15-12/h2-4,8H,1,5-7,13H2. The van der Waals surface area contributed by atoms with Crippen LogP contribution < -0.4 is 15.4 Å². The van der Waals surface area contributed by atoms with Crippen LogP contribution in [0.5, 0.6) is 5.75 Å². The lowest BCUT2D eigenvalue weighted by Crippen LogP contribution is -2.17. The molecule has 3 rings (SSSR count). The van der Waals surface area contributed by atoms with Gasteiger partial charge in [-0.15, -0.1) is 0 Å². The highest BCUT2D eigenvalue weighted by Gasteiger charge is 2.23. The van der Waals surface area contributed by atoms with E-state index < -0.39 is 0 Å². The largest absolute Gasteiger partial charge is 0.491 e. The first kappa shape index (κ1) is 8.65. The van der Waals surface area contributed by atoms with E-state index in [1.807, 2.05) is 18.2 Å². The van der Waals surface area contributed by atoms with E-state index in [0.717, 1.165) is 43.1 Å². The quantitative estimate of drug-likeness (QED) is 0.655. The first-order chi connectivity index (χ1) is 7.34. The second-order valence-corrected chi connectivity index (χ2v) is 3.96. The van der Waals surface area contributed by atoms with Crippen molar-refractivity contribution in [2.75, 3.05) is 23.8 Å². The smallest absolute Gasteiger partial charge is 0.143 e. The van der Waals surface area contributed by atoms with Crippen LogP contribution >= 0.6 is 0 Å². The Morgan fingerprint density at radius 2 is 2.27 bits per heavy atom. The van der Waals surface area contributed by atoms with Gasteiger partial charge in [0.1, 0.15) is 5.75 Å². The number of nitrogen functional groups attached to an aromatic ring is 1. The Hall–Kier alpha value is -1.64. The van der Waals surface area contributed by atoms with E-state index in [4.69, 9.17) is 10.5 Å². The molecule has 0 aliphatic carbocycles. The van der Waals surface area contributed by atoms with Crippen LogP contribution in [-0.2, 0) is 0 Å². The summed E-state index contributed by atoms with van der Waals surface area (Å²) in [5.41, 5.74) is 9.11. The highest BCUT2D eigenvalue weighted by molar-refractivity contribution is 5.68. The molecule has 2 N–H and O–H groups in total. The molecule has 0 amide bonds. The molecule has 0 unspecified atom stereocenters. The van der Waals surface area contributed by atoms with Gasteiger partial charge in [-0.1, -0.05) is 6.08 Å². The van der Waals surface area contributed by atoms with Crippen molar-refractivity contribution >= 4 is 11.4 Å². The Balaban J connectivity index is 2.11. The summed E-state index contributed by atoms with van der Waals surface area (Å²) in [6.07, 6.45) is 4.42. The van der Waals surface area contributed by atoms with Crippen molar-refractivity contribution in [1.29, 1.82) is 0 Å². The van der Waals surface area contributed by atoms with Crippen LogP contribution in [0.4, 0.5) is 11.4 Å². The Morgan fingerprint density at radius 1 is 1.33 bits per heavy atom. The number of hydrogen-bond acceptors (Lipinski definition) is 3. The van der Waals surface area contributed by atoms with E-state index >= 15 is 0 Å². The zero-order valence-corrected chi connectivity index (χ0v) is 8.57. The highest BCUT2D eigenvalue weighted by atomic mass is 16.5. The summed E-state index contributed by atoms with van der Waals surface area (Å²) in [6.45, 7) is 1.81. The van der Waals surface area contributed by atoms with Gasteiger partial charge in [-0.05, 0) is 24.6 Å². The van der Waals surface area contributed by atoms with Crippen LogP contribution in [0.25, 0.3) is 0 Å². The average molecular weight is 202 g/mol. The fourth-order valence-corrected chi connectivity index (χ4v) is 2.26. The summed E-state index contributed by atoms with van der Waals surface area (Å²) >= 11 is 0. The van der Waals surface area contributed by atoms with Crippen molar-refractivity contribution in [2.45, 2.75) is 12.8 Å². The summed E-state index contributed by atoms with van der Waals surface area (Å²) in [6, 6.07) is 5.86. The average Bonchev–Trinajstić information content (AvgIpc) is 2.62. The van der Waals surface area contributed by atoms with Gasteiger partial charge in [0.2, 0.25) is 0 Å². The number of nitrogens with zero attached hydrogens (tertiary/aromatic N) is 1. The van der Waals surface area contributed by atoms with E-state index in [-0.39, 0.29) is 0 Å². The molecule has 1 aromatic carbocycles. The van der Waals surface area contributed by atoms with Crippen molar-refractivity contribution < 1.29 is 4.74 Å². The van der Waals surface area contributed by atoms with E-state index in [1.165, 1.54) is 5.70 Å². The number of anilines is 2. The third-order valence-corrected chi connectivity index (χ3v) is 2.97. The lowest BCUT2D eigenvalue weighted by molar-refractivity contribution is 0.328. The first-order valence-electron chi connectivity index (χ1n) is 5.33. The van der Waals surface area contributed by atoms with Crippen LogP contribution in [0.15, 0.2) is 30.0 Å². The minimum absolute atomic E-state index is 0.763. The van der Waals surface area contributed by atoms with Crippen LogP contribution in [0, 0.1) is 0 Å². The molecule has 0 fully saturated rings. The molecule has 1 aromatic rings. The van der Waals surface area contributed by atoms with E-state index in [2.05, 4.69) is 11.0 Å². The van der Waals surface area contributed by atoms with Gasteiger partial charge in [0.15, 0.2) is 0 Å². The Bertz CT molecular complexity index is 426. The van der Waals surface area contributed by atoms with E-state index in [9.17, 15) is 0 Å². The molecule has 0 atom stereocenters. The number of rotatable bonds is 0. The topological polar surface area (TPSA) is 38.5 Å². The molecule has 0 bridgehead atoms. The highest BCUT2D eigenvalue weighted by Crippen LogP contribution is 2.38. The number of hydrogen-bond donors (Lipinski definition) is 1. The Labute approximate surface area is 89.1 Å². The van der Waals surface area contributed by atoms with Crippen molar-refractivity contribution in [1.82, 2.24) is 0 Å². The lowest BCUT2D eigenvalue weighted by atomic mass is 10.2. The summed E-state index contributed by atoms with van der Waals surface area (Å²) in [5.74, 6) is 0.953. The minimum Gasteiger partial charge on any atom is -0.491 e. The van der Waals surface area contributed by atoms with Gasteiger partial charge in [0.05, 0.1) is 12.3 Å². The normalized spacial score (nSPS) is 18.7. The van der Waals surface area contributed by atoms with Gasteiger partial charge >= 0.3 is 0 Å². The molecule has 0 spiro atoms. The van der Waals surface area contributed by atoms with Gasteiger partial charge in [-0.2, -0.15) is 0 Å². The molecule has 3 nitrogen and oxygen atoms in total. The van der Waals surface area contributed by atoms with Gasteiger partial charge in [-0.25, -0.2) is 0 Å². The molecule has 0 aromatic heterocycles. The zero-order chi connectivity index (χ0) is 10.3. The van der Waals surface area contributed by atoms with Crippen molar-refractivity contribution in [3.63, 3.8) is 0 Å². The van der Waals surface area contributed by atoms with Crippen molar-refractivity contribution in [2.24, 2.45) is 0 Å². The van der Waals surface area contributed by atoms with Crippen LogP contribution in [0.1, 0.15) is 12.8 Å². The number of nitrogens with two attached hydrogens (primary N) is 1. The maximum absolute atomic E-state index is 5.81. The third kappa shape index (κ3) is 1.35. The molecule has 2 heterocycles. The van der Waals surface area contributed by atoms with E-state index in [0.29, 0.717) is 0 Å². The molecule has 15 heavy (non-hydrogen) atoms. The van der Waals surface area contributed by atoms with Gasteiger partial charge in [0.25, 0.3) is 0 Å². The number of benzene rings is 1. The monoisotopic (exact) mass is 202 g/mol. The second kappa shape index (κ2) is 3.19. The molecular weight excluding hydrogens is 188 g/mol. The predicted octanol–water partition coefficient (Wildman–Crippen LogP) is 2.15. The number of fused-ring (bicyclic) bond motifs is 3. The molecule has 0 radical (unpaired) electrons. The number of ether oxygens (including phenoxy) is 1. The van der Waals surface area contributed by atoms with Gasteiger partial charge in [0, 0.05) is 24.4 Å². The Morgan fingerprint density at radius 3 is 3.20 bits per heavy atom. The Kier molecular flexibility index (Phi) is 1.84. The maximum Gasteiger partial charge on any atom is 0.143 e. The lowest BCUT2D eigenvalue weighted by Gasteiger charge is -2.21. The second-order valence-electron chi connectivity index (χ2n) is 3.96. The SMILES string of the molecule is Nc1ccc2c(c1)N1CCC=C1CCO2. The van der Waals surface area contributed by atoms with Gasteiger partial charge < -0.3 is 15.4 Å². The minimum atomic E-state index is 0.763. The summed E-state index contributed by atoms with van der Waals surface area (Å²) in [4.78, 5) is 2.32. The molecule has 0 saturated carbocycles. The maximum atomic E-state index is 5.81. The third-order valence-electron chi connectivity index (χ3n) is 2.97. The van der Waals surface area contributed by atoms with Crippen LogP contribution in [0.3, 0.4) is 0 Å². The van der Waals surface area contributed by atoms with Crippen LogP contribution in [0.2, 0.25) is 0 Å². The first-order valence-corrected chi connectivity index (χ1v) is 5.33. The summed E-state index contributed by atoms with van der Waals surface area (Å²) in [5, 5.41) is 0. The molecule has 0 saturated heterocycles. The fraction of sp³-hybridized carbons (Fsp3) is 0.333. The van der Waals surface area contributed by atoms with Crippen molar-refractivity contribution in [3.05, 3.63) is 30.0 Å². The molecule has 3 heteroatoms. The van der Waals surface area contributed by atoms with E-state index in [1.54, 1.807) is 0 Å². The van der Waals surface area contributed by atoms with Crippen LogP contribution in [-0.4, -0.2) is 13.2 Å². The summed E-state index contributed by atoms with van der Waals surface area (Å²) < 4.78 is 5.70. The fourth-order valence-electron chi connectivity index (χ4n) is 2.26. The van der Waals surface area contributed by atoms with Gasteiger partial charge in [-0.3, -0.25) is 0 Å². The molecular formula is C12H14N2O. The molecule has 2 aliphatic rings. The molecule has 78 valence electrons. The molecule has 2 aliphatic heterocycles. The summed E-state index contributed by atoms with van der Waals surface area (Å²) in [7, 11) is 0. The zero-order valence-electron chi connectivity index (χ0n) is 8.57. The van der Waals surface area contributed by atoms with Crippen molar-refractivity contribution in [3.8, 4) is 5.75 Å². The predicted molar refractivity (Wildman–Crippen MR) is 61.0 cm³/mol.